The van der Waals surface area contributed by atoms with Gasteiger partial charge in [0.15, 0.2) is 0 Å². The lowest BCUT2D eigenvalue weighted by molar-refractivity contribution is -0.0202. The summed E-state index contributed by atoms with van der Waals surface area (Å²) in [6, 6.07) is 18.8. The van der Waals surface area contributed by atoms with Crippen molar-refractivity contribution in [2.24, 2.45) is 0 Å². The first-order chi connectivity index (χ1) is 9.33. The van der Waals surface area contributed by atoms with Gasteiger partial charge < -0.3 is 10.1 Å². The van der Waals surface area contributed by atoms with Crippen LogP contribution in [0.4, 0.5) is 0 Å². The Morgan fingerprint density at radius 1 is 0.950 bits per heavy atom. The summed E-state index contributed by atoms with van der Waals surface area (Å²) in [6.07, 6.45) is 0.329. The van der Waals surface area contributed by atoms with Crippen molar-refractivity contribution in [2.75, 3.05) is 13.1 Å². The Kier molecular flexibility index (Phi) is 5.61. The molecule has 20 heavy (non-hydrogen) atoms. The minimum absolute atomic E-state index is 0. The molecule has 1 atom stereocenters. The van der Waals surface area contributed by atoms with E-state index in [1.807, 2.05) is 6.07 Å². The van der Waals surface area contributed by atoms with Gasteiger partial charge in [-0.05, 0) is 23.3 Å². The third kappa shape index (κ3) is 3.61. The predicted octanol–water partition coefficient (Wildman–Crippen LogP) is 3.95. The Bertz CT molecular complexity index is 528. The van der Waals surface area contributed by atoms with Crippen molar-refractivity contribution >= 4 is 28.3 Å². The van der Waals surface area contributed by atoms with E-state index in [1.165, 1.54) is 11.1 Å². The molecule has 106 valence electrons. The highest BCUT2D eigenvalue weighted by molar-refractivity contribution is 9.10. The van der Waals surface area contributed by atoms with Crippen molar-refractivity contribution in [3.8, 4) is 0 Å². The van der Waals surface area contributed by atoms with E-state index in [2.05, 4.69) is 69.8 Å². The second kappa shape index (κ2) is 7.23. The van der Waals surface area contributed by atoms with Gasteiger partial charge in [-0.3, -0.25) is 0 Å². The van der Waals surface area contributed by atoms with Crippen molar-refractivity contribution in [3.05, 3.63) is 70.2 Å². The maximum Gasteiger partial charge on any atom is 0.108 e. The molecule has 1 unspecified atom stereocenters. The third-order valence-electron chi connectivity index (χ3n) is 3.35. The summed E-state index contributed by atoms with van der Waals surface area (Å²) in [5, 5.41) is 3.25. The maximum atomic E-state index is 6.22. The van der Waals surface area contributed by atoms with Crippen LogP contribution in [-0.4, -0.2) is 19.2 Å². The topological polar surface area (TPSA) is 21.3 Å². The van der Waals surface area contributed by atoms with Crippen molar-refractivity contribution in [1.29, 1.82) is 0 Å². The van der Waals surface area contributed by atoms with Crippen LogP contribution in [0.5, 0.6) is 0 Å². The second-order valence-corrected chi connectivity index (χ2v) is 5.67. The molecule has 2 aromatic rings. The molecule has 1 aliphatic heterocycles. The third-order valence-corrected chi connectivity index (χ3v) is 3.88. The van der Waals surface area contributed by atoms with Crippen molar-refractivity contribution < 1.29 is 4.74 Å². The zero-order valence-corrected chi connectivity index (χ0v) is 13.4. The number of hydrogen-bond acceptors (Lipinski definition) is 2. The Labute approximate surface area is 134 Å². The summed E-state index contributed by atoms with van der Waals surface area (Å²) in [4.78, 5) is 0. The molecule has 0 amide bonds. The molecule has 4 heteroatoms. The maximum absolute atomic E-state index is 6.22. The fourth-order valence-corrected chi connectivity index (χ4v) is 2.43. The summed E-state index contributed by atoms with van der Waals surface area (Å²) >= 11 is 3.48. The van der Waals surface area contributed by atoms with Crippen LogP contribution < -0.4 is 5.32 Å². The average Bonchev–Trinajstić information content (AvgIpc) is 2.40. The van der Waals surface area contributed by atoms with Gasteiger partial charge in [0, 0.05) is 17.6 Å². The summed E-state index contributed by atoms with van der Waals surface area (Å²) in [7, 11) is 0. The summed E-state index contributed by atoms with van der Waals surface area (Å²) in [6.45, 7) is 1.89. The van der Waals surface area contributed by atoms with E-state index in [4.69, 9.17) is 4.74 Å². The molecule has 0 saturated carbocycles. The lowest BCUT2D eigenvalue weighted by Crippen LogP contribution is -2.49. The van der Waals surface area contributed by atoms with E-state index in [0.29, 0.717) is 6.10 Å². The van der Waals surface area contributed by atoms with E-state index < -0.39 is 0 Å². The smallest absolute Gasteiger partial charge is 0.108 e. The molecular weight excluding hydrogens is 338 g/mol. The van der Waals surface area contributed by atoms with Gasteiger partial charge >= 0.3 is 0 Å². The van der Waals surface area contributed by atoms with Gasteiger partial charge in [0.2, 0.25) is 0 Å². The van der Waals surface area contributed by atoms with Crippen molar-refractivity contribution in [1.82, 2.24) is 5.32 Å². The van der Waals surface area contributed by atoms with Crippen LogP contribution in [0, 0.1) is 0 Å². The van der Waals surface area contributed by atoms with E-state index in [0.717, 1.165) is 17.6 Å². The first kappa shape index (κ1) is 15.5. The molecule has 1 aliphatic rings. The molecule has 0 aromatic heterocycles. The Balaban J connectivity index is 0.00000147. The molecular formula is C16H17BrClNO. The van der Waals surface area contributed by atoms with Crippen LogP contribution in [0.2, 0.25) is 0 Å². The van der Waals surface area contributed by atoms with Crippen LogP contribution in [0.3, 0.4) is 0 Å². The van der Waals surface area contributed by atoms with Gasteiger partial charge in [0.25, 0.3) is 0 Å². The second-order valence-electron chi connectivity index (χ2n) is 4.76. The van der Waals surface area contributed by atoms with Gasteiger partial charge in [-0.15, -0.1) is 12.4 Å². The van der Waals surface area contributed by atoms with Gasteiger partial charge in [0.1, 0.15) is 6.10 Å². The van der Waals surface area contributed by atoms with Gasteiger partial charge in [-0.1, -0.05) is 58.4 Å². The molecule has 0 spiro atoms. The highest BCUT2D eigenvalue weighted by Crippen LogP contribution is 2.29. The SMILES string of the molecule is Brc1ccc(C(OC2CNC2)c2ccccc2)cc1.Cl. The lowest BCUT2D eigenvalue weighted by atomic mass is 10.0. The zero-order valence-electron chi connectivity index (χ0n) is 11.0. The molecule has 1 N–H and O–H groups in total. The van der Waals surface area contributed by atoms with Crippen LogP contribution in [-0.2, 0) is 4.74 Å². The Morgan fingerprint density at radius 2 is 1.55 bits per heavy atom. The quantitative estimate of drug-likeness (QED) is 0.897. The Morgan fingerprint density at radius 3 is 2.10 bits per heavy atom. The highest BCUT2D eigenvalue weighted by Gasteiger charge is 2.24. The molecule has 3 rings (SSSR count). The fraction of sp³-hybridized carbons (Fsp3) is 0.250. The van der Waals surface area contributed by atoms with Gasteiger partial charge in [-0.25, -0.2) is 0 Å². The summed E-state index contributed by atoms with van der Waals surface area (Å²) < 4.78 is 7.31. The number of hydrogen-bond donors (Lipinski definition) is 1. The standard InChI is InChI=1S/C16H16BrNO.ClH/c17-14-8-6-13(7-9-14)16(19-15-10-18-11-15)12-4-2-1-3-5-12;/h1-9,15-16,18H,10-11H2;1H. The van der Waals surface area contributed by atoms with E-state index >= 15 is 0 Å². The Hall–Kier alpha value is -0.870. The van der Waals surface area contributed by atoms with E-state index in [-0.39, 0.29) is 18.5 Å². The predicted molar refractivity (Wildman–Crippen MR) is 87.4 cm³/mol. The normalized spacial score (nSPS) is 16.1. The highest BCUT2D eigenvalue weighted by atomic mass is 79.9. The molecule has 0 bridgehead atoms. The molecule has 2 nitrogen and oxygen atoms in total. The van der Waals surface area contributed by atoms with Crippen LogP contribution in [0.15, 0.2) is 59.1 Å². The van der Waals surface area contributed by atoms with Crippen LogP contribution >= 0.6 is 28.3 Å². The monoisotopic (exact) mass is 353 g/mol. The number of halogens is 2. The van der Waals surface area contributed by atoms with Crippen molar-refractivity contribution in [3.63, 3.8) is 0 Å². The molecule has 1 fully saturated rings. The number of nitrogens with one attached hydrogen (secondary N) is 1. The minimum atomic E-state index is 0. The van der Waals surface area contributed by atoms with Crippen LogP contribution in [0.25, 0.3) is 0 Å². The first-order valence-electron chi connectivity index (χ1n) is 6.49. The van der Waals surface area contributed by atoms with Gasteiger partial charge in [-0.2, -0.15) is 0 Å². The van der Waals surface area contributed by atoms with E-state index in [9.17, 15) is 0 Å². The largest absolute Gasteiger partial charge is 0.363 e. The van der Waals surface area contributed by atoms with Crippen molar-refractivity contribution in [2.45, 2.75) is 12.2 Å². The molecule has 1 heterocycles. The zero-order chi connectivity index (χ0) is 13.1. The van der Waals surface area contributed by atoms with E-state index in [1.54, 1.807) is 0 Å². The number of rotatable bonds is 4. The molecule has 0 radical (unpaired) electrons. The molecule has 2 aromatic carbocycles. The van der Waals surface area contributed by atoms with Crippen LogP contribution in [0.1, 0.15) is 17.2 Å². The fourth-order valence-electron chi connectivity index (χ4n) is 2.17. The molecule has 1 saturated heterocycles. The summed E-state index contributed by atoms with van der Waals surface area (Å²) in [5.41, 5.74) is 2.40. The lowest BCUT2D eigenvalue weighted by Gasteiger charge is -2.32. The number of ether oxygens (including phenoxy) is 1. The first-order valence-corrected chi connectivity index (χ1v) is 7.29. The summed E-state index contributed by atoms with van der Waals surface area (Å²) in [5.74, 6) is 0. The molecule has 0 aliphatic carbocycles. The number of benzene rings is 2. The minimum Gasteiger partial charge on any atom is -0.363 e. The average molecular weight is 355 g/mol. The van der Waals surface area contributed by atoms with Gasteiger partial charge in [0.05, 0.1) is 6.10 Å².